The zero-order valence-electron chi connectivity index (χ0n) is 19.8. The third-order valence-corrected chi connectivity index (χ3v) is 4.91. The zero-order chi connectivity index (χ0) is 23.2. The lowest BCUT2D eigenvalue weighted by atomic mass is 9.83. The van der Waals surface area contributed by atoms with Crippen LogP contribution in [0.3, 0.4) is 0 Å². The summed E-state index contributed by atoms with van der Waals surface area (Å²) in [5.74, 6) is 1.38. The standard InChI is InChI=1S/C27H35NO3/c1-9-27(6,7)23-16-21(25(30-18(2)3)17-26(23)31-19(4)5)12-15-24(29)20-10-13-22(28-8)14-11-20/h9-19,28H,1H2,2-8H3/b15-12+. The molecule has 0 aliphatic rings. The molecule has 0 unspecified atom stereocenters. The number of carbonyl (C=O) groups is 1. The fraction of sp³-hybridized carbons (Fsp3) is 0.370. The predicted octanol–water partition coefficient (Wildman–Crippen LogP) is 6.66. The first-order valence-corrected chi connectivity index (χ1v) is 10.7. The molecule has 0 atom stereocenters. The maximum absolute atomic E-state index is 12.7. The first-order valence-electron chi connectivity index (χ1n) is 10.7. The molecule has 31 heavy (non-hydrogen) atoms. The van der Waals surface area contributed by atoms with Crippen molar-refractivity contribution in [3.05, 3.63) is 71.8 Å². The molecule has 0 bridgehead atoms. The summed E-state index contributed by atoms with van der Waals surface area (Å²) in [5.41, 5.74) is 3.11. The van der Waals surface area contributed by atoms with Crippen LogP contribution in [0.5, 0.6) is 11.5 Å². The molecular formula is C27H35NO3. The van der Waals surface area contributed by atoms with Gasteiger partial charge in [0.2, 0.25) is 0 Å². The maximum atomic E-state index is 12.7. The molecule has 2 rings (SSSR count). The van der Waals surface area contributed by atoms with Crippen LogP contribution in [-0.2, 0) is 5.41 Å². The van der Waals surface area contributed by atoms with Crippen LogP contribution in [-0.4, -0.2) is 25.0 Å². The van der Waals surface area contributed by atoms with Crippen LogP contribution >= 0.6 is 0 Å². The van der Waals surface area contributed by atoms with Crippen molar-refractivity contribution >= 4 is 17.5 Å². The number of hydrogen-bond acceptors (Lipinski definition) is 4. The number of ketones is 1. The fourth-order valence-electron chi connectivity index (χ4n) is 3.09. The summed E-state index contributed by atoms with van der Waals surface area (Å²) in [6.45, 7) is 16.1. The van der Waals surface area contributed by atoms with Crippen molar-refractivity contribution < 1.29 is 14.3 Å². The molecule has 0 aromatic heterocycles. The van der Waals surface area contributed by atoms with E-state index in [-0.39, 0.29) is 23.4 Å². The SMILES string of the molecule is C=CC(C)(C)c1cc(/C=C/C(=O)c2ccc(NC)cc2)c(OC(C)C)cc1OC(C)C. The Morgan fingerprint density at radius 2 is 1.58 bits per heavy atom. The Balaban J connectivity index is 2.51. The molecule has 1 N–H and O–H groups in total. The van der Waals surface area contributed by atoms with Gasteiger partial charge in [-0.25, -0.2) is 0 Å². The van der Waals surface area contributed by atoms with Gasteiger partial charge in [-0.15, -0.1) is 6.58 Å². The van der Waals surface area contributed by atoms with Crippen molar-refractivity contribution in [3.8, 4) is 11.5 Å². The Morgan fingerprint density at radius 1 is 1.00 bits per heavy atom. The summed E-state index contributed by atoms with van der Waals surface area (Å²) in [4.78, 5) is 12.7. The molecule has 166 valence electrons. The summed E-state index contributed by atoms with van der Waals surface area (Å²) in [6, 6.07) is 11.4. The van der Waals surface area contributed by atoms with Crippen LogP contribution in [0.15, 0.2) is 55.1 Å². The molecule has 0 fully saturated rings. The van der Waals surface area contributed by atoms with Crippen molar-refractivity contribution in [2.24, 2.45) is 0 Å². The van der Waals surface area contributed by atoms with E-state index in [1.807, 2.05) is 83.3 Å². The monoisotopic (exact) mass is 421 g/mol. The highest BCUT2D eigenvalue weighted by Crippen LogP contribution is 2.39. The van der Waals surface area contributed by atoms with Crippen molar-refractivity contribution in [1.29, 1.82) is 0 Å². The first-order chi connectivity index (χ1) is 14.6. The molecule has 2 aromatic rings. The van der Waals surface area contributed by atoms with Crippen molar-refractivity contribution in [2.45, 2.75) is 59.2 Å². The van der Waals surface area contributed by atoms with Gasteiger partial charge < -0.3 is 14.8 Å². The van der Waals surface area contributed by atoms with E-state index in [9.17, 15) is 4.79 Å². The highest BCUT2D eigenvalue weighted by molar-refractivity contribution is 6.07. The predicted molar refractivity (Wildman–Crippen MR) is 131 cm³/mol. The molecule has 0 saturated heterocycles. The Bertz CT molecular complexity index is 938. The zero-order valence-corrected chi connectivity index (χ0v) is 19.8. The molecular weight excluding hydrogens is 386 g/mol. The molecule has 4 nitrogen and oxygen atoms in total. The van der Waals surface area contributed by atoms with Crippen LogP contribution < -0.4 is 14.8 Å². The highest BCUT2D eigenvalue weighted by Gasteiger charge is 2.24. The smallest absolute Gasteiger partial charge is 0.185 e. The van der Waals surface area contributed by atoms with Gasteiger partial charge in [0.25, 0.3) is 0 Å². The summed E-state index contributed by atoms with van der Waals surface area (Å²) in [5, 5.41) is 3.06. The Kier molecular flexibility index (Phi) is 8.09. The molecule has 0 saturated carbocycles. The minimum Gasteiger partial charge on any atom is -0.491 e. The molecule has 0 radical (unpaired) electrons. The number of benzene rings is 2. The van der Waals surface area contributed by atoms with E-state index in [0.29, 0.717) is 11.3 Å². The number of nitrogens with one attached hydrogen (secondary N) is 1. The van der Waals surface area contributed by atoms with E-state index in [4.69, 9.17) is 9.47 Å². The van der Waals surface area contributed by atoms with Crippen molar-refractivity contribution in [3.63, 3.8) is 0 Å². The number of carbonyl (C=O) groups excluding carboxylic acids is 1. The van der Waals surface area contributed by atoms with Gasteiger partial charge in [-0.3, -0.25) is 4.79 Å². The van der Waals surface area contributed by atoms with Crippen molar-refractivity contribution in [1.82, 2.24) is 0 Å². The molecule has 0 heterocycles. The van der Waals surface area contributed by atoms with Gasteiger partial charge in [0.1, 0.15) is 11.5 Å². The van der Waals surface area contributed by atoms with Crippen LogP contribution in [0.2, 0.25) is 0 Å². The van der Waals surface area contributed by atoms with Gasteiger partial charge in [0, 0.05) is 40.9 Å². The summed E-state index contributed by atoms with van der Waals surface area (Å²) >= 11 is 0. The molecule has 2 aromatic carbocycles. The number of ether oxygens (including phenoxy) is 2. The first kappa shape index (κ1) is 24.3. The van der Waals surface area contributed by atoms with Crippen LogP contribution in [0, 0.1) is 0 Å². The van der Waals surface area contributed by atoms with Crippen LogP contribution in [0.1, 0.15) is 63.0 Å². The van der Waals surface area contributed by atoms with E-state index in [1.165, 1.54) is 0 Å². The van der Waals surface area contributed by atoms with E-state index >= 15 is 0 Å². The summed E-state index contributed by atoms with van der Waals surface area (Å²) in [7, 11) is 1.85. The molecule has 0 spiro atoms. The van der Waals surface area contributed by atoms with Gasteiger partial charge in [0.15, 0.2) is 5.78 Å². The fourth-order valence-corrected chi connectivity index (χ4v) is 3.09. The highest BCUT2D eigenvalue weighted by atomic mass is 16.5. The van der Waals surface area contributed by atoms with E-state index in [0.717, 1.165) is 22.6 Å². The maximum Gasteiger partial charge on any atom is 0.185 e. The third-order valence-electron chi connectivity index (χ3n) is 4.91. The molecule has 0 amide bonds. The quantitative estimate of drug-likeness (QED) is 0.265. The van der Waals surface area contributed by atoms with Gasteiger partial charge >= 0.3 is 0 Å². The molecule has 0 aliphatic heterocycles. The second-order valence-electron chi connectivity index (χ2n) is 8.67. The molecule has 4 heteroatoms. The lowest BCUT2D eigenvalue weighted by Crippen LogP contribution is -2.18. The largest absolute Gasteiger partial charge is 0.491 e. The second kappa shape index (κ2) is 10.3. The normalized spacial score (nSPS) is 11.8. The average Bonchev–Trinajstić information content (AvgIpc) is 2.72. The number of anilines is 1. The third kappa shape index (κ3) is 6.48. The van der Waals surface area contributed by atoms with Crippen LogP contribution in [0.4, 0.5) is 5.69 Å². The lowest BCUT2D eigenvalue weighted by Gasteiger charge is -2.27. The van der Waals surface area contributed by atoms with Gasteiger partial charge in [0.05, 0.1) is 12.2 Å². The van der Waals surface area contributed by atoms with Crippen molar-refractivity contribution in [2.75, 3.05) is 12.4 Å². The van der Waals surface area contributed by atoms with E-state index in [2.05, 4.69) is 25.7 Å². The summed E-state index contributed by atoms with van der Waals surface area (Å²) < 4.78 is 12.2. The minimum atomic E-state index is -0.309. The Labute approximate surface area is 187 Å². The Hall–Kier alpha value is -3.01. The Morgan fingerprint density at radius 3 is 2.10 bits per heavy atom. The van der Waals surface area contributed by atoms with E-state index < -0.39 is 0 Å². The summed E-state index contributed by atoms with van der Waals surface area (Å²) in [6.07, 6.45) is 5.32. The van der Waals surface area contributed by atoms with E-state index in [1.54, 1.807) is 6.08 Å². The lowest BCUT2D eigenvalue weighted by molar-refractivity contribution is 0.104. The minimum absolute atomic E-state index is 0.0119. The second-order valence-corrected chi connectivity index (χ2v) is 8.67. The number of rotatable bonds is 10. The van der Waals surface area contributed by atoms with Gasteiger partial charge in [-0.2, -0.15) is 0 Å². The van der Waals surface area contributed by atoms with Gasteiger partial charge in [-0.1, -0.05) is 19.9 Å². The molecule has 0 aliphatic carbocycles. The van der Waals surface area contributed by atoms with Crippen LogP contribution in [0.25, 0.3) is 6.08 Å². The average molecular weight is 422 g/mol. The number of hydrogen-bond donors (Lipinski definition) is 1. The van der Waals surface area contributed by atoms with Gasteiger partial charge in [-0.05, 0) is 70.2 Å². The topological polar surface area (TPSA) is 47.6 Å². The number of allylic oxidation sites excluding steroid dienone is 2.